The van der Waals surface area contributed by atoms with Crippen molar-refractivity contribution >= 4 is 5.97 Å². The van der Waals surface area contributed by atoms with E-state index in [-0.39, 0.29) is 6.04 Å². The van der Waals surface area contributed by atoms with Gasteiger partial charge in [0, 0.05) is 6.04 Å². The van der Waals surface area contributed by atoms with Crippen molar-refractivity contribution in [1.82, 2.24) is 5.32 Å². The van der Waals surface area contributed by atoms with Crippen LogP contribution in [0.25, 0.3) is 0 Å². The van der Waals surface area contributed by atoms with Crippen LogP contribution in [0.15, 0.2) is 24.3 Å². The highest BCUT2D eigenvalue weighted by Gasteiger charge is 2.18. The van der Waals surface area contributed by atoms with Gasteiger partial charge in [-0.15, -0.1) is 0 Å². The second-order valence-corrected chi connectivity index (χ2v) is 5.63. The molecule has 0 bridgehead atoms. The van der Waals surface area contributed by atoms with E-state index in [0.717, 1.165) is 25.7 Å². The van der Waals surface area contributed by atoms with E-state index in [4.69, 9.17) is 0 Å². The second kappa shape index (κ2) is 8.75. The van der Waals surface area contributed by atoms with Crippen LogP contribution in [0.4, 0.5) is 0 Å². The summed E-state index contributed by atoms with van der Waals surface area (Å²) in [5.41, 5.74) is 2.58. The van der Waals surface area contributed by atoms with Gasteiger partial charge < -0.3 is 10.4 Å². The third-order valence-corrected chi connectivity index (χ3v) is 3.62. The molecule has 2 atom stereocenters. The maximum atomic E-state index is 11.2. The molecular weight excluding hydrogens is 250 g/mol. The normalized spacial score (nSPS) is 13.9. The summed E-state index contributed by atoms with van der Waals surface area (Å²) in [5.74, 6) is -0.736. The molecule has 112 valence electrons. The van der Waals surface area contributed by atoms with Gasteiger partial charge >= 0.3 is 5.97 Å². The van der Waals surface area contributed by atoms with Gasteiger partial charge in [0.25, 0.3) is 0 Å². The third kappa shape index (κ3) is 6.20. The minimum absolute atomic E-state index is 0.217. The van der Waals surface area contributed by atoms with Crippen molar-refractivity contribution in [2.45, 2.75) is 65.0 Å². The van der Waals surface area contributed by atoms with E-state index in [1.807, 2.05) is 0 Å². The van der Waals surface area contributed by atoms with Crippen LogP contribution in [0, 0.1) is 6.92 Å². The zero-order valence-corrected chi connectivity index (χ0v) is 12.9. The molecule has 0 saturated carbocycles. The first-order valence-electron chi connectivity index (χ1n) is 7.57. The predicted octanol–water partition coefficient (Wildman–Crippen LogP) is 3.55. The van der Waals surface area contributed by atoms with E-state index in [9.17, 15) is 9.90 Å². The van der Waals surface area contributed by atoms with Gasteiger partial charge in [-0.25, -0.2) is 0 Å². The summed E-state index contributed by atoms with van der Waals surface area (Å²) in [7, 11) is 0. The Morgan fingerprint density at radius 2 is 1.90 bits per heavy atom. The first kappa shape index (κ1) is 16.7. The molecule has 0 fully saturated rings. The molecule has 0 aliphatic rings. The largest absolute Gasteiger partial charge is 0.480 e. The first-order valence-corrected chi connectivity index (χ1v) is 7.57. The number of carboxylic acid groups (broad SMARTS) is 1. The molecule has 0 radical (unpaired) electrons. The van der Waals surface area contributed by atoms with Crippen molar-refractivity contribution in [3.05, 3.63) is 35.4 Å². The van der Waals surface area contributed by atoms with E-state index < -0.39 is 12.0 Å². The van der Waals surface area contributed by atoms with Gasteiger partial charge in [-0.3, -0.25) is 4.79 Å². The highest BCUT2D eigenvalue weighted by Crippen LogP contribution is 2.09. The van der Waals surface area contributed by atoms with Gasteiger partial charge in [-0.05, 0) is 38.7 Å². The van der Waals surface area contributed by atoms with Crippen molar-refractivity contribution in [3.8, 4) is 0 Å². The van der Waals surface area contributed by atoms with Gasteiger partial charge in [0.05, 0.1) is 0 Å². The van der Waals surface area contributed by atoms with Gasteiger partial charge in [-0.2, -0.15) is 0 Å². The quantitative estimate of drug-likeness (QED) is 0.725. The number of aliphatic carboxylic acids is 1. The van der Waals surface area contributed by atoms with Crippen LogP contribution >= 0.6 is 0 Å². The number of aryl methyl sites for hydroxylation is 2. The molecule has 1 aromatic carbocycles. The summed E-state index contributed by atoms with van der Waals surface area (Å²) < 4.78 is 0. The fourth-order valence-electron chi connectivity index (χ4n) is 2.25. The van der Waals surface area contributed by atoms with Crippen LogP contribution in [0.2, 0.25) is 0 Å². The number of unbranched alkanes of at least 4 members (excludes halogenated alkanes) is 1. The van der Waals surface area contributed by atoms with E-state index in [0.29, 0.717) is 6.42 Å². The number of carboxylic acids is 1. The van der Waals surface area contributed by atoms with E-state index >= 15 is 0 Å². The van der Waals surface area contributed by atoms with Gasteiger partial charge in [0.15, 0.2) is 0 Å². The Hall–Kier alpha value is -1.35. The molecule has 1 unspecified atom stereocenters. The number of rotatable bonds is 9. The second-order valence-electron chi connectivity index (χ2n) is 5.63. The van der Waals surface area contributed by atoms with E-state index in [2.05, 4.69) is 50.4 Å². The van der Waals surface area contributed by atoms with Gasteiger partial charge in [-0.1, -0.05) is 49.6 Å². The molecule has 20 heavy (non-hydrogen) atoms. The molecule has 1 rings (SSSR count). The summed E-state index contributed by atoms with van der Waals surface area (Å²) in [5, 5.41) is 12.4. The molecule has 0 spiro atoms. The minimum atomic E-state index is -0.736. The summed E-state index contributed by atoms with van der Waals surface area (Å²) in [6.07, 6.45) is 4.63. The fourth-order valence-corrected chi connectivity index (χ4v) is 2.25. The molecule has 0 amide bonds. The van der Waals surface area contributed by atoms with Crippen molar-refractivity contribution < 1.29 is 9.90 Å². The number of hydrogen-bond donors (Lipinski definition) is 2. The molecule has 0 saturated heterocycles. The lowest BCUT2D eigenvalue weighted by Gasteiger charge is -2.20. The monoisotopic (exact) mass is 277 g/mol. The Bertz CT molecular complexity index is 400. The predicted molar refractivity (Wildman–Crippen MR) is 83.0 cm³/mol. The minimum Gasteiger partial charge on any atom is -0.480 e. The van der Waals surface area contributed by atoms with Crippen molar-refractivity contribution in [2.75, 3.05) is 0 Å². The zero-order chi connectivity index (χ0) is 15.0. The smallest absolute Gasteiger partial charge is 0.320 e. The summed E-state index contributed by atoms with van der Waals surface area (Å²) >= 11 is 0. The number of benzene rings is 1. The Labute approximate surface area is 122 Å². The number of carbonyl (C=O) groups is 1. The average Bonchev–Trinajstić information content (AvgIpc) is 2.42. The van der Waals surface area contributed by atoms with Crippen LogP contribution in [-0.2, 0) is 11.2 Å². The summed E-state index contributed by atoms with van der Waals surface area (Å²) in [4.78, 5) is 11.2. The maximum absolute atomic E-state index is 11.2. The topological polar surface area (TPSA) is 49.3 Å². The molecule has 1 aromatic rings. The molecule has 3 nitrogen and oxygen atoms in total. The Morgan fingerprint density at radius 1 is 1.25 bits per heavy atom. The van der Waals surface area contributed by atoms with Crippen molar-refractivity contribution in [1.29, 1.82) is 0 Å². The van der Waals surface area contributed by atoms with E-state index in [1.54, 1.807) is 0 Å². The Kier molecular flexibility index (Phi) is 7.31. The third-order valence-electron chi connectivity index (χ3n) is 3.62. The fraction of sp³-hybridized carbons (Fsp3) is 0.588. The first-order chi connectivity index (χ1) is 9.52. The zero-order valence-electron chi connectivity index (χ0n) is 12.9. The lowest BCUT2D eigenvalue weighted by Crippen LogP contribution is -2.42. The molecular formula is C17H27NO2. The Morgan fingerprint density at radius 3 is 2.45 bits per heavy atom. The van der Waals surface area contributed by atoms with Crippen LogP contribution in [0.1, 0.15) is 50.7 Å². The van der Waals surface area contributed by atoms with Crippen LogP contribution < -0.4 is 5.32 Å². The molecule has 0 aliphatic heterocycles. The van der Waals surface area contributed by atoms with Crippen molar-refractivity contribution in [2.24, 2.45) is 0 Å². The standard InChI is InChI=1S/C17H27NO2/c1-4-5-6-16(17(19)20)18-14(3)9-12-15-10-7-13(2)8-11-15/h7-8,10-11,14,16,18H,4-6,9,12H2,1-3H3,(H,19,20)/t14?,16-/m0/s1. The maximum Gasteiger partial charge on any atom is 0.320 e. The SMILES string of the molecule is CCCC[C@H](NC(C)CCc1ccc(C)cc1)C(=O)O. The molecule has 2 N–H and O–H groups in total. The molecule has 0 heterocycles. The lowest BCUT2D eigenvalue weighted by molar-refractivity contribution is -0.139. The van der Waals surface area contributed by atoms with Crippen LogP contribution in [0.3, 0.4) is 0 Å². The van der Waals surface area contributed by atoms with Crippen LogP contribution in [0.5, 0.6) is 0 Å². The lowest BCUT2D eigenvalue weighted by atomic mass is 10.0. The number of nitrogens with one attached hydrogen (secondary N) is 1. The van der Waals surface area contributed by atoms with E-state index in [1.165, 1.54) is 11.1 Å². The molecule has 0 aliphatic carbocycles. The number of hydrogen-bond acceptors (Lipinski definition) is 2. The summed E-state index contributed by atoms with van der Waals surface area (Å²) in [6, 6.07) is 8.34. The molecule has 0 aromatic heterocycles. The van der Waals surface area contributed by atoms with Crippen LogP contribution in [-0.4, -0.2) is 23.2 Å². The Balaban J connectivity index is 2.39. The van der Waals surface area contributed by atoms with Gasteiger partial charge in [0.2, 0.25) is 0 Å². The summed E-state index contributed by atoms with van der Waals surface area (Å²) in [6.45, 7) is 6.23. The molecule has 3 heteroatoms. The van der Waals surface area contributed by atoms with Gasteiger partial charge in [0.1, 0.15) is 6.04 Å². The highest BCUT2D eigenvalue weighted by atomic mass is 16.4. The van der Waals surface area contributed by atoms with Crippen molar-refractivity contribution in [3.63, 3.8) is 0 Å². The highest BCUT2D eigenvalue weighted by molar-refractivity contribution is 5.73. The average molecular weight is 277 g/mol.